The number of nitro groups is 1. The van der Waals surface area contributed by atoms with Crippen LogP contribution >= 0.6 is 15.9 Å². The minimum absolute atomic E-state index is 0.0592. The van der Waals surface area contributed by atoms with Crippen LogP contribution in [-0.2, 0) is 4.79 Å². The number of hydrogen-bond donors (Lipinski definition) is 2. The van der Waals surface area contributed by atoms with E-state index in [2.05, 4.69) is 26.2 Å². The Hall–Kier alpha value is -1.70. The smallest absolute Gasteiger partial charge is 0.303 e. The summed E-state index contributed by atoms with van der Waals surface area (Å²) in [7, 11) is 0. The molecular formula is C12H16BrN3O4. The van der Waals surface area contributed by atoms with E-state index >= 15 is 0 Å². The van der Waals surface area contributed by atoms with Crippen LogP contribution in [0.2, 0.25) is 0 Å². The van der Waals surface area contributed by atoms with Crippen molar-refractivity contribution in [3.8, 4) is 0 Å². The van der Waals surface area contributed by atoms with Crippen LogP contribution in [0.15, 0.2) is 16.7 Å². The van der Waals surface area contributed by atoms with Gasteiger partial charge in [0.1, 0.15) is 12.0 Å². The third-order valence-electron chi connectivity index (χ3n) is 2.65. The van der Waals surface area contributed by atoms with E-state index in [1.807, 2.05) is 0 Å². The first-order chi connectivity index (χ1) is 9.50. The normalized spacial score (nSPS) is 10.2. The van der Waals surface area contributed by atoms with E-state index in [0.29, 0.717) is 23.3 Å². The molecule has 7 nitrogen and oxygen atoms in total. The van der Waals surface area contributed by atoms with E-state index in [1.54, 1.807) is 0 Å². The maximum Gasteiger partial charge on any atom is 0.303 e. The summed E-state index contributed by atoms with van der Waals surface area (Å²) in [6.45, 7) is 0.691. The van der Waals surface area contributed by atoms with Gasteiger partial charge in [0.2, 0.25) is 0 Å². The van der Waals surface area contributed by atoms with Crippen molar-refractivity contribution in [1.29, 1.82) is 0 Å². The molecule has 0 unspecified atom stereocenters. The van der Waals surface area contributed by atoms with Gasteiger partial charge < -0.3 is 10.4 Å². The third-order valence-corrected chi connectivity index (χ3v) is 3.25. The van der Waals surface area contributed by atoms with Gasteiger partial charge in [-0.1, -0.05) is 12.8 Å². The van der Waals surface area contributed by atoms with E-state index in [-0.39, 0.29) is 12.1 Å². The van der Waals surface area contributed by atoms with Gasteiger partial charge in [0, 0.05) is 19.0 Å². The quantitative estimate of drug-likeness (QED) is 0.404. The SMILES string of the molecule is O=C(O)CCCCCCNc1ncc([N+](=O)[O-])cc1Br. The maximum atomic E-state index is 10.6. The number of halogens is 1. The highest BCUT2D eigenvalue weighted by Crippen LogP contribution is 2.24. The number of carboxylic acids is 1. The molecule has 2 N–H and O–H groups in total. The van der Waals surface area contributed by atoms with Crippen molar-refractivity contribution in [3.63, 3.8) is 0 Å². The van der Waals surface area contributed by atoms with Gasteiger partial charge in [0.05, 0.1) is 9.40 Å². The van der Waals surface area contributed by atoms with E-state index in [0.717, 1.165) is 19.3 Å². The highest BCUT2D eigenvalue weighted by molar-refractivity contribution is 9.10. The Balaban J connectivity index is 2.25. The maximum absolute atomic E-state index is 10.6. The van der Waals surface area contributed by atoms with E-state index < -0.39 is 10.9 Å². The molecule has 0 aromatic carbocycles. The molecule has 1 aromatic rings. The summed E-state index contributed by atoms with van der Waals surface area (Å²) in [6.07, 6.45) is 4.82. The lowest BCUT2D eigenvalue weighted by Crippen LogP contribution is -2.04. The van der Waals surface area contributed by atoms with Gasteiger partial charge >= 0.3 is 5.97 Å². The summed E-state index contributed by atoms with van der Waals surface area (Å²) in [5, 5.41) is 22.1. The monoisotopic (exact) mass is 345 g/mol. The number of aliphatic carboxylic acids is 1. The van der Waals surface area contributed by atoms with Crippen LogP contribution in [0, 0.1) is 10.1 Å². The number of carbonyl (C=O) groups is 1. The van der Waals surface area contributed by atoms with Gasteiger partial charge in [-0.25, -0.2) is 4.98 Å². The molecule has 0 aliphatic carbocycles. The summed E-state index contributed by atoms with van der Waals surface area (Å²) in [6, 6.07) is 1.40. The minimum Gasteiger partial charge on any atom is -0.481 e. The van der Waals surface area contributed by atoms with Gasteiger partial charge in [-0.2, -0.15) is 0 Å². The lowest BCUT2D eigenvalue weighted by Gasteiger charge is -2.07. The molecule has 1 heterocycles. The second-order valence-corrected chi connectivity index (χ2v) is 5.12. The van der Waals surface area contributed by atoms with Gasteiger partial charge in [-0.05, 0) is 28.8 Å². The Kier molecular flexibility index (Phi) is 6.92. The van der Waals surface area contributed by atoms with Crippen molar-refractivity contribution in [3.05, 3.63) is 26.9 Å². The van der Waals surface area contributed by atoms with Crippen LogP contribution in [0.4, 0.5) is 11.5 Å². The zero-order chi connectivity index (χ0) is 15.0. The highest BCUT2D eigenvalue weighted by atomic mass is 79.9. The van der Waals surface area contributed by atoms with Crippen molar-refractivity contribution in [2.24, 2.45) is 0 Å². The highest BCUT2D eigenvalue weighted by Gasteiger charge is 2.09. The molecule has 0 saturated carbocycles. The molecular weight excluding hydrogens is 330 g/mol. The van der Waals surface area contributed by atoms with Crippen molar-refractivity contribution in [2.75, 3.05) is 11.9 Å². The van der Waals surface area contributed by atoms with Gasteiger partial charge in [0.25, 0.3) is 5.69 Å². The molecule has 0 saturated heterocycles. The van der Waals surface area contributed by atoms with Crippen LogP contribution in [0.25, 0.3) is 0 Å². The number of rotatable bonds is 9. The molecule has 0 spiro atoms. The molecule has 0 aliphatic heterocycles. The first kappa shape index (κ1) is 16.4. The Morgan fingerprint density at radius 1 is 1.40 bits per heavy atom. The fourth-order valence-corrected chi connectivity index (χ4v) is 2.10. The third kappa shape index (κ3) is 5.96. The molecule has 1 aromatic heterocycles. The number of carboxylic acid groups (broad SMARTS) is 1. The van der Waals surface area contributed by atoms with Crippen molar-refractivity contribution < 1.29 is 14.8 Å². The molecule has 1 rings (SSSR count). The summed E-state index contributed by atoms with van der Waals surface area (Å²) < 4.78 is 0.553. The lowest BCUT2D eigenvalue weighted by molar-refractivity contribution is -0.385. The standard InChI is InChI=1S/C12H16BrN3O4/c13-10-7-9(16(19)20)8-15-12(10)14-6-4-2-1-3-5-11(17)18/h7-8H,1-6H2,(H,14,15)(H,17,18). The molecule has 20 heavy (non-hydrogen) atoms. The molecule has 0 amide bonds. The minimum atomic E-state index is -0.762. The molecule has 110 valence electrons. The largest absolute Gasteiger partial charge is 0.481 e. The second-order valence-electron chi connectivity index (χ2n) is 4.27. The number of nitrogens with one attached hydrogen (secondary N) is 1. The average Bonchev–Trinajstić information content (AvgIpc) is 2.38. The fraction of sp³-hybridized carbons (Fsp3) is 0.500. The molecule has 0 radical (unpaired) electrons. The predicted octanol–water partition coefficient (Wildman–Crippen LogP) is 3.20. The first-order valence-electron chi connectivity index (χ1n) is 6.26. The van der Waals surface area contributed by atoms with Crippen molar-refractivity contribution in [1.82, 2.24) is 4.98 Å². The second kappa shape index (κ2) is 8.47. The summed E-state index contributed by atoms with van der Waals surface area (Å²) >= 11 is 3.23. The number of pyridine rings is 1. The van der Waals surface area contributed by atoms with Crippen LogP contribution in [-0.4, -0.2) is 27.5 Å². The van der Waals surface area contributed by atoms with Crippen molar-refractivity contribution in [2.45, 2.75) is 32.1 Å². The number of hydrogen-bond acceptors (Lipinski definition) is 5. The van der Waals surface area contributed by atoms with Gasteiger partial charge in [-0.15, -0.1) is 0 Å². The zero-order valence-electron chi connectivity index (χ0n) is 10.8. The molecule has 0 bridgehead atoms. The van der Waals surface area contributed by atoms with Crippen LogP contribution in [0.1, 0.15) is 32.1 Å². The Morgan fingerprint density at radius 3 is 2.70 bits per heavy atom. The Morgan fingerprint density at radius 2 is 2.10 bits per heavy atom. The Bertz CT molecular complexity index is 482. The van der Waals surface area contributed by atoms with Crippen LogP contribution in [0.5, 0.6) is 0 Å². The van der Waals surface area contributed by atoms with Gasteiger partial charge in [-0.3, -0.25) is 14.9 Å². The molecule has 0 atom stereocenters. The number of nitrogens with zero attached hydrogens (tertiary/aromatic N) is 2. The number of aromatic nitrogens is 1. The summed E-state index contributed by atoms with van der Waals surface area (Å²) in [4.78, 5) is 24.4. The summed E-state index contributed by atoms with van der Waals surface area (Å²) in [5.41, 5.74) is -0.0592. The van der Waals surface area contributed by atoms with Crippen molar-refractivity contribution >= 4 is 33.4 Å². The molecule has 8 heteroatoms. The average molecular weight is 346 g/mol. The van der Waals surface area contributed by atoms with Crippen LogP contribution < -0.4 is 5.32 Å². The molecule has 0 aliphatic rings. The Labute approximate surface area is 124 Å². The number of unbranched alkanes of at least 4 members (excludes halogenated alkanes) is 3. The first-order valence-corrected chi connectivity index (χ1v) is 7.05. The topological polar surface area (TPSA) is 105 Å². The van der Waals surface area contributed by atoms with E-state index in [9.17, 15) is 14.9 Å². The van der Waals surface area contributed by atoms with E-state index in [1.165, 1.54) is 12.3 Å². The predicted molar refractivity (Wildman–Crippen MR) is 77.8 cm³/mol. The van der Waals surface area contributed by atoms with Crippen LogP contribution in [0.3, 0.4) is 0 Å². The fourth-order valence-electron chi connectivity index (χ4n) is 1.62. The summed E-state index contributed by atoms with van der Waals surface area (Å²) in [5.74, 6) is -0.191. The number of anilines is 1. The lowest BCUT2D eigenvalue weighted by atomic mass is 10.1. The van der Waals surface area contributed by atoms with Gasteiger partial charge in [0.15, 0.2) is 0 Å². The zero-order valence-corrected chi connectivity index (χ0v) is 12.4. The molecule has 0 fully saturated rings. The van der Waals surface area contributed by atoms with E-state index in [4.69, 9.17) is 5.11 Å².